The molecule has 3 aromatic carbocycles. The minimum Gasteiger partial charge on any atom is -0.480 e. The van der Waals surface area contributed by atoms with Crippen LogP contribution >= 0.6 is 0 Å². The number of nitrogens with one attached hydrogen (secondary N) is 1. The van der Waals surface area contributed by atoms with Gasteiger partial charge in [-0.2, -0.15) is 30.6 Å². The van der Waals surface area contributed by atoms with E-state index < -0.39 is 15.8 Å². The summed E-state index contributed by atoms with van der Waals surface area (Å²) in [6.45, 7) is 14.9. The molecule has 30 heteroatoms. The molecule has 3 aliphatic rings. The van der Waals surface area contributed by atoms with E-state index in [2.05, 4.69) is 81.9 Å². The van der Waals surface area contributed by atoms with Crippen molar-refractivity contribution in [1.29, 1.82) is 0 Å². The van der Waals surface area contributed by atoms with Gasteiger partial charge in [0, 0.05) is 139 Å². The van der Waals surface area contributed by atoms with Crippen molar-refractivity contribution in [2.75, 3.05) is 127 Å². The zero-order valence-electron chi connectivity index (χ0n) is 48.8. The van der Waals surface area contributed by atoms with Gasteiger partial charge in [0.05, 0.1) is 104 Å². The third-order valence-corrected chi connectivity index (χ3v) is 15.1. The largest absolute Gasteiger partial charge is 0.480 e. The molecule has 0 amide bonds. The fourth-order valence-corrected chi connectivity index (χ4v) is 10.2. The Morgan fingerprint density at radius 1 is 0.512 bits per heavy atom. The van der Waals surface area contributed by atoms with Crippen LogP contribution in [0.15, 0.2) is 96.9 Å². The van der Waals surface area contributed by atoms with Crippen LogP contribution in [0.3, 0.4) is 0 Å². The number of hydrogen-bond acceptors (Lipinski definition) is 25. The smallest absolute Gasteiger partial charge is 0.320 e. The standard InChI is InChI=1S/C19H23N7O2.C17H19N7O2.C12H11N5O2S.C8H16N2O2/c1-3-28-18(27)13-25-6-8-26(9-7-25)19-22-16(12-20-23-19)14-4-5-17-15(10-14)11-21-24(17)2;1-22-15-3-2-12(8-13(15)9-19-22)14-10-18-21-17(20-14)24-6-4-23(5-7-24)11-16(25)26;1-17-11-4-3-8(5-9(11)6-14-17)10-7-13-16-12(15-10)20(2,18)19;1-2-12-8(11)7-10-5-3-9-4-6-10/h4-5,10-12H,3,6-9,13H2,1-2H3;2-3,8-10H,4-7,11H2,1H3,(H,25,26);3-7H,1-2H3;9H,2-7H2,1H3. The number of aliphatic carboxylic acids is 1. The first-order chi connectivity index (χ1) is 41.5. The molecular weight excluding hydrogens is 1130 g/mol. The molecule has 0 unspecified atom stereocenters. The number of aryl methyl sites for hydroxylation is 3. The van der Waals surface area contributed by atoms with Crippen molar-refractivity contribution in [3.05, 3.63) is 91.8 Å². The summed E-state index contributed by atoms with van der Waals surface area (Å²) in [6.07, 6.45) is 11.2. The number of hydrogen-bond donors (Lipinski definition) is 2. The third kappa shape index (κ3) is 16.2. The maximum Gasteiger partial charge on any atom is 0.320 e. The number of sulfone groups is 1. The Labute approximate surface area is 495 Å². The van der Waals surface area contributed by atoms with E-state index in [1.54, 1.807) is 23.3 Å². The van der Waals surface area contributed by atoms with E-state index in [1.807, 2.05) is 115 Å². The van der Waals surface area contributed by atoms with Crippen LogP contribution in [0, 0.1) is 0 Å². The van der Waals surface area contributed by atoms with Gasteiger partial charge in [0.1, 0.15) is 0 Å². The Morgan fingerprint density at radius 2 is 0.884 bits per heavy atom. The number of benzene rings is 3. The monoisotopic (exact) mass is 1200 g/mol. The van der Waals surface area contributed by atoms with E-state index in [0.29, 0.717) is 70.1 Å². The first-order valence-electron chi connectivity index (χ1n) is 28.0. The summed E-state index contributed by atoms with van der Waals surface area (Å²) in [4.78, 5) is 57.1. The number of carbonyl (C=O) groups is 3. The lowest BCUT2D eigenvalue weighted by molar-refractivity contribution is -0.145. The predicted octanol–water partition coefficient (Wildman–Crippen LogP) is 2.03. The van der Waals surface area contributed by atoms with E-state index in [0.717, 1.165) is 119 Å². The molecule has 452 valence electrons. The van der Waals surface area contributed by atoms with Crippen molar-refractivity contribution in [3.8, 4) is 33.8 Å². The minimum atomic E-state index is -3.47. The van der Waals surface area contributed by atoms with Gasteiger partial charge in [-0.1, -0.05) is 18.2 Å². The highest BCUT2D eigenvalue weighted by Gasteiger charge is 2.24. The lowest BCUT2D eigenvalue weighted by Gasteiger charge is -2.33. The summed E-state index contributed by atoms with van der Waals surface area (Å²) in [5.41, 5.74) is 7.84. The molecule has 9 heterocycles. The quantitative estimate of drug-likeness (QED) is 0.147. The second-order valence-electron chi connectivity index (χ2n) is 20.4. The normalized spacial score (nSPS) is 15.0. The third-order valence-electron chi connectivity index (χ3n) is 14.3. The number of nitrogens with zero attached hydrogens (tertiary/aromatic N) is 20. The summed E-state index contributed by atoms with van der Waals surface area (Å²) < 4.78 is 38.2. The van der Waals surface area contributed by atoms with Crippen LogP contribution < -0.4 is 15.1 Å². The molecule has 29 nitrogen and oxygen atoms in total. The highest BCUT2D eigenvalue weighted by molar-refractivity contribution is 7.90. The molecule has 6 aromatic heterocycles. The molecule has 0 saturated carbocycles. The second-order valence-corrected chi connectivity index (χ2v) is 22.3. The predicted molar refractivity (Wildman–Crippen MR) is 319 cm³/mol. The first-order valence-corrected chi connectivity index (χ1v) is 29.9. The summed E-state index contributed by atoms with van der Waals surface area (Å²) in [7, 11) is 2.22. The van der Waals surface area contributed by atoms with Gasteiger partial charge in [0.2, 0.25) is 21.7 Å². The molecule has 0 spiro atoms. The number of fused-ring (bicyclic) bond motifs is 3. The van der Waals surface area contributed by atoms with Crippen LogP contribution in [-0.4, -0.2) is 239 Å². The average Bonchev–Trinajstić information content (AvgIpc) is 2.58. The first kappa shape index (κ1) is 61.5. The number of piperazine rings is 3. The van der Waals surface area contributed by atoms with Crippen molar-refractivity contribution < 1.29 is 37.4 Å². The molecule has 86 heavy (non-hydrogen) atoms. The van der Waals surface area contributed by atoms with E-state index in [-0.39, 0.29) is 23.6 Å². The van der Waals surface area contributed by atoms with Crippen LogP contribution in [0.1, 0.15) is 13.8 Å². The Hall–Kier alpha value is -9.10. The number of carboxylic acids is 1. The van der Waals surface area contributed by atoms with Gasteiger partial charge in [0.15, 0.2) is 0 Å². The number of aromatic nitrogens is 15. The van der Waals surface area contributed by atoms with Crippen LogP contribution in [0.5, 0.6) is 0 Å². The maximum absolute atomic E-state index is 11.6. The molecule has 9 aromatic rings. The molecule has 0 radical (unpaired) electrons. The SMILES string of the molecule is CCOC(=O)CN1CCN(c2nncc(-c3ccc4c(cnn4C)c3)n2)CC1.CCOC(=O)CN1CCNCC1.Cn1ncc2cc(-c3cnnc(N4CCN(CC(=O)O)CC4)n3)ccc21.Cn1ncc2cc(-c3cnnc(S(C)(=O)=O)n3)ccc21. The molecule has 0 bridgehead atoms. The molecule has 2 N–H and O–H groups in total. The number of carbonyl (C=O) groups excluding carboxylic acids is 2. The lowest BCUT2D eigenvalue weighted by atomic mass is 10.1. The van der Waals surface area contributed by atoms with Crippen LogP contribution in [-0.2, 0) is 54.8 Å². The van der Waals surface area contributed by atoms with Crippen molar-refractivity contribution in [2.45, 2.75) is 19.0 Å². The van der Waals surface area contributed by atoms with Gasteiger partial charge in [-0.15, -0.1) is 15.3 Å². The molecule has 0 aliphatic carbocycles. The van der Waals surface area contributed by atoms with Gasteiger partial charge >= 0.3 is 17.9 Å². The number of carboxylic acid groups (broad SMARTS) is 1. The van der Waals surface area contributed by atoms with Crippen molar-refractivity contribution in [2.24, 2.45) is 21.1 Å². The lowest BCUT2D eigenvalue weighted by Crippen LogP contribution is -2.48. The van der Waals surface area contributed by atoms with Gasteiger partial charge in [-0.05, 0) is 50.2 Å². The van der Waals surface area contributed by atoms with Crippen LogP contribution in [0.25, 0.3) is 66.5 Å². The molecule has 0 atom stereocenters. The molecule has 3 aliphatic heterocycles. The highest BCUT2D eigenvalue weighted by atomic mass is 32.2. The number of ether oxygens (including phenoxy) is 2. The van der Waals surface area contributed by atoms with E-state index in [4.69, 9.17) is 19.6 Å². The fourth-order valence-electron chi connectivity index (χ4n) is 9.74. The Bertz CT molecular complexity index is 3890. The zero-order valence-corrected chi connectivity index (χ0v) is 49.7. The molecule has 3 fully saturated rings. The molecular formula is C56H69N21O8S. The minimum absolute atomic E-state index is 0.0676. The van der Waals surface area contributed by atoms with Gasteiger partial charge < -0.3 is 29.7 Å². The number of rotatable bonds is 14. The van der Waals surface area contributed by atoms with Crippen molar-refractivity contribution >= 4 is 72.4 Å². The molecule has 12 rings (SSSR count). The number of esters is 2. The van der Waals surface area contributed by atoms with Gasteiger partial charge in [-0.25, -0.2) is 23.4 Å². The highest BCUT2D eigenvalue weighted by Crippen LogP contribution is 2.26. The molecule has 3 saturated heterocycles. The fraction of sp³-hybridized carbons (Fsp3) is 0.411. The van der Waals surface area contributed by atoms with Gasteiger partial charge in [-0.3, -0.25) is 43.1 Å². The summed E-state index contributed by atoms with van der Waals surface area (Å²) >= 11 is 0. The second kappa shape index (κ2) is 28.7. The zero-order chi connectivity index (χ0) is 60.7. The Balaban J connectivity index is 0.000000142. The maximum atomic E-state index is 11.6. The Kier molecular flexibility index (Phi) is 20.5. The summed E-state index contributed by atoms with van der Waals surface area (Å²) in [5.74, 6) is 0.0912. The summed E-state index contributed by atoms with van der Waals surface area (Å²) in [5, 5.41) is 51.5. The summed E-state index contributed by atoms with van der Waals surface area (Å²) in [6, 6.07) is 17.8. The topological polar surface area (TPSA) is 322 Å². The van der Waals surface area contributed by atoms with Crippen LogP contribution in [0.2, 0.25) is 0 Å². The number of anilines is 2. The van der Waals surface area contributed by atoms with E-state index in [1.165, 1.54) is 6.20 Å². The van der Waals surface area contributed by atoms with Crippen molar-refractivity contribution in [3.63, 3.8) is 0 Å². The van der Waals surface area contributed by atoms with Gasteiger partial charge in [0.25, 0.3) is 5.16 Å². The van der Waals surface area contributed by atoms with Crippen LogP contribution in [0.4, 0.5) is 11.9 Å². The van der Waals surface area contributed by atoms with E-state index >= 15 is 0 Å². The Morgan fingerprint density at radius 3 is 1.27 bits per heavy atom. The average molecular weight is 1200 g/mol. The van der Waals surface area contributed by atoms with Crippen molar-refractivity contribution in [1.82, 2.24) is 94.9 Å². The van der Waals surface area contributed by atoms with E-state index in [9.17, 15) is 22.8 Å².